The second kappa shape index (κ2) is 3.85. The van der Waals surface area contributed by atoms with Crippen LogP contribution in [0.5, 0.6) is 0 Å². The van der Waals surface area contributed by atoms with Crippen molar-refractivity contribution in [3.05, 3.63) is 35.1 Å². The zero-order valence-corrected chi connectivity index (χ0v) is 8.94. The fraction of sp³-hybridized carbons (Fsp3) is 0.455. The summed E-state index contributed by atoms with van der Waals surface area (Å²) in [6.45, 7) is 5.21. The molecular formula is C11H14F3N. The number of hydrogen-bond donors (Lipinski definition) is 1. The summed E-state index contributed by atoms with van der Waals surface area (Å²) in [4.78, 5) is 0. The first-order valence-corrected chi connectivity index (χ1v) is 4.64. The van der Waals surface area contributed by atoms with Crippen LogP contribution in [0.25, 0.3) is 0 Å². The van der Waals surface area contributed by atoms with E-state index in [-0.39, 0.29) is 5.56 Å². The summed E-state index contributed by atoms with van der Waals surface area (Å²) in [5.74, 6) is -3.08. The molecule has 0 aliphatic carbocycles. The van der Waals surface area contributed by atoms with E-state index in [1.807, 2.05) is 0 Å². The Bertz CT molecular complexity index is 369. The maximum Gasteiger partial charge on any atom is 0.166 e. The highest BCUT2D eigenvalue weighted by atomic mass is 19.2. The van der Waals surface area contributed by atoms with E-state index >= 15 is 0 Å². The van der Waals surface area contributed by atoms with Gasteiger partial charge in [-0.25, -0.2) is 13.2 Å². The van der Waals surface area contributed by atoms with E-state index in [1.165, 1.54) is 0 Å². The molecule has 0 radical (unpaired) electrons. The van der Waals surface area contributed by atoms with Gasteiger partial charge < -0.3 is 5.73 Å². The Labute approximate surface area is 87.1 Å². The molecule has 0 aliphatic rings. The monoisotopic (exact) mass is 217 g/mol. The van der Waals surface area contributed by atoms with Crippen molar-refractivity contribution in [2.45, 2.75) is 26.8 Å². The molecule has 0 bridgehead atoms. The van der Waals surface area contributed by atoms with Crippen LogP contribution in [-0.4, -0.2) is 0 Å². The van der Waals surface area contributed by atoms with Gasteiger partial charge in [-0.05, 0) is 17.5 Å². The molecule has 0 unspecified atom stereocenters. The summed E-state index contributed by atoms with van der Waals surface area (Å²) >= 11 is 0. The molecule has 0 aromatic heterocycles. The van der Waals surface area contributed by atoms with E-state index in [0.29, 0.717) is 0 Å². The molecule has 2 N–H and O–H groups in total. The van der Waals surface area contributed by atoms with Gasteiger partial charge in [0, 0.05) is 11.6 Å². The Morgan fingerprint density at radius 2 is 1.53 bits per heavy atom. The number of halogens is 3. The van der Waals surface area contributed by atoms with E-state index in [4.69, 9.17) is 5.73 Å². The van der Waals surface area contributed by atoms with Gasteiger partial charge in [-0.15, -0.1) is 0 Å². The molecule has 0 saturated heterocycles. The lowest BCUT2D eigenvalue weighted by Gasteiger charge is -2.27. The van der Waals surface area contributed by atoms with Crippen molar-refractivity contribution in [2.24, 2.45) is 11.1 Å². The summed E-state index contributed by atoms with van der Waals surface area (Å²) in [6.07, 6.45) is 0. The highest BCUT2D eigenvalue weighted by Crippen LogP contribution is 2.33. The van der Waals surface area contributed by atoms with E-state index < -0.39 is 28.9 Å². The SMILES string of the molecule is CC(C)(C)[C@H](N)c1c(F)ccc(F)c1F. The number of rotatable bonds is 1. The molecule has 0 spiro atoms. The number of hydrogen-bond acceptors (Lipinski definition) is 1. The molecule has 1 aromatic carbocycles. The van der Waals surface area contributed by atoms with E-state index in [2.05, 4.69) is 0 Å². The normalized spacial score (nSPS) is 14.1. The predicted octanol–water partition coefficient (Wildman–Crippen LogP) is 3.15. The van der Waals surface area contributed by atoms with Crippen molar-refractivity contribution in [3.8, 4) is 0 Å². The smallest absolute Gasteiger partial charge is 0.166 e. The number of nitrogens with two attached hydrogens (primary N) is 1. The van der Waals surface area contributed by atoms with Crippen LogP contribution in [0.1, 0.15) is 32.4 Å². The largest absolute Gasteiger partial charge is 0.323 e. The van der Waals surface area contributed by atoms with Crippen LogP contribution in [0.15, 0.2) is 12.1 Å². The molecule has 4 heteroatoms. The van der Waals surface area contributed by atoms with Crippen molar-refractivity contribution in [1.29, 1.82) is 0 Å². The number of benzene rings is 1. The summed E-state index contributed by atoms with van der Waals surface area (Å²) in [5, 5.41) is 0. The molecule has 1 rings (SSSR count). The molecule has 0 amide bonds. The molecule has 0 fully saturated rings. The molecule has 1 nitrogen and oxygen atoms in total. The minimum atomic E-state index is -1.20. The van der Waals surface area contributed by atoms with Gasteiger partial charge in [-0.3, -0.25) is 0 Å². The fourth-order valence-corrected chi connectivity index (χ4v) is 1.26. The lowest BCUT2D eigenvalue weighted by atomic mass is 9.82. The standard InChI is InChI=1S/C11H14F3N/c1-11(2,3)10(15)8-6(12)4-5-7(13)9(8)14/h4-5,10H,15H2,1-3H3/t10-/m1/s1. The zero-order valence-electron chi connectivity index (χ0n) is 8.94. The van der Waals surface area contributed by atoms with Gasteiger partial charge in [0.05, 0.1) is 0 Å². The molecule has 0 saturated carbocycles. The summed E-state index contributed by atoms with van der Waals surface area (Å²) in [6, 6.07) is 0.760. The predicted molar refractivity (Wildman–Crippen MR) is 52.7 cm³/mol. The van der Waals surface area contributed by atoms with Gasteiger partial charge in [0.1, 0.15) is 5.82 Å². The minimum Gasteiger partial charge on any atom is -0.323 e. The first kappa shape index (κ1) is 12.0. The van der Waals surface area contributed by atoms with Crippen LogP contribution in [0.4, 0.5) is 13.2 Å². The minimum absolute atomic E-state index is 0.387. The Balaban J connectivity index is 3.31. The van der Waals surface area contributed by atoms with E-state index in [9.17, 15) is 13.2 Å². The van der Waals surface area contributed by atoms with Crippen LogP contribution in [-0.2, 0) is 0 Å². The zero-order chi connectivity index (χ0) is 11.8. The van der Waals surface area contributed by atoms with Crippen molar-refractivity contribution < 1.29 is 13.2 Å². The van der Waals surface area contributed by atoms with Crippen LogP contribution < -0.4 is 5.73 Å². The third kappa shape index (κ3) is 2.31. The molecule has 1 atom stereocenters. The average molecular weight is 217 g/mol. The molecule has 0 heterocycles. The quantitative estimate of drug-likeness (QED) is 0.718. The van der Waals surface area contributed by atoms with Gasteiger partial charge in [0.2, 0.25) is 0 Å². The van der Waals surface area contributed by atoms with Crippen molar-refractivity contribution >= 4 is 0 Å². The Kier molecular flexibility index (Phi) is 3.09. The molecule has 0 aliphatic heterocycles. The molecular weight excluding hydrogens is 203 g/mol. The summed E-state index contributed by atoms with van der Waals surface area (Å²) in [5.41, 5.74) is 4.78. The van der Waals surface area contributed by atoms with Gasteiger partial charge in [-0.1, -0.05) is 20.8 Å². The van der Waals surface area contributed by atoms with E-state index in [1.54, 1.807) is 20.8 Å². The topological polar surface area (TPSA) is 26.0 Å². The second-order valence-electron chi connectivity index (χ2n) is 4.60. The Morgan fingerprint density at radius 3 is 2.00 bits per heavy atom. The summed E-state index contributed by atoms with van der Waals surface area (Å²) in [7, 11) is 0. The third-order valence-corrected chi connectivity index (χ3v) is 2.32. The van der Waals surface area contributed by atoms with E-state index in [0.717, 1.165) is 12.1 Å². The van der Waals surface area contributed by atoms with Crippen LogP contribution in [0.3, 0.4) is 0 Å². The third-order valence-electron chi connectivity index (χ3n) is 2.32. The lowest BCUT2D eigenvalue weighted by Crippen LogP contribution is -2.28. The van der Waals surface area contributed by atoms with Crippen molar-refractivity contribution in [1.82, 2.24) is 0 Å². The summed E-state index contributed by atoms with van der Waals surface area (Å²) < 4.78 is 39.6. The Morgan fingerprint density at radius 1 is 1.07 bits per heavy atom. The van der Waals surface area contributed by atoms with Crippen LogP contribution in [0, 0.1) is 22.9 Å². The van der Waals surface area contributed by atoms with Gasteiger partial charge in [0.15, 0.2) is 11.6 Å². The highest BCUT2D eigenvalue weighted by molar-refractivity contribution is 5.25. The van der Waals surface area contributed by atoms with Gasteiger partial charge in [0.25, 0.3) is 0 Å². The molecule has 1 aromatic rings. The first-order valence-electron chi connectivity index (χ1n) is 4.64. The second-order valence-corrected chi connectivity index (χ2v) is 4.60. The lowest BCUT2D eigenvalue weighted by molar-refractivity contribution is 0.306. The fourth-order valence-electron chi connectivity index (χ4n) is 1.26. The van der Waals surface area contributed by atoms with Gasteiger partial charge >= 0.3 is 0 Å². The first-order chi connectivity index (χ1) is 6.75. The van der Waals surface area contributed by atoms with Crippen molar-refractivity contribution in [3.63, 3.8) is 0 Å². The maximum atomic E-state index is 13.3. The van der Waals surface area contributed by atoms with Crippen LogP contribution >= 0.6 is 0 Å². The highest BCUT2D eigenvalue weighted by Gasteiger charge is 2.29. The van der Waals surface area contributed by atoms with Crippen molar-refractivity contribution in [2.75, 3.05) is 0 Å². The average Bonchev–Trinajstić information content (AvgIpc) is 2.10. The molecule has 84 valence electrons. The maximum absolute atomic E-state index is 13.3. The van der Waals surface area contributed by atoms with Crippen LogP contribution in [0.2, 0.25) is 0 Å². The molecule has 15 heavy (non-hydrogen) atoms. The Hall–Kier alpha value is -1.03. The van der Waals surface area contributed by atoms with Gasteiger partial charge in [-0.2, -0.15) is 0 Å².